The minimum Gasteiger partial charge on any atom is -0.293 e. The molecule has 4 aromatic rings. The lowest BCUT2D eigenvalue weighted by Gasteiger charge is -2.04. The fraction of sp³-hybridized carbons (Fsp3) is 0.0667. The molecule has 0 amide bonds. The van der Waals surface area contributed by atoms with Crippen molar-refractivity contribution in [2.75, 3.05) is 0 Å². The minimum atomic E-state index is -0.0718. The maximum Gasteiger partial charge on any atom is 0.261 e. The molecule has 4 aromatic heterocycles. The second-order valence-electron chi connectivity index (χ2n) is 4.73. The molecule has 0 unspecified atom stereocenters. The highest BCUT2D eigenvalue weighted by atomic mass is 32.1. The van der Waals surface area contributed by atoms with Crippen LogP contribution in [-0.2, 0) is 6.54 Å². The lowest BCUT2D eigenvalue weighted by Crippen LogP contribution is -2.21. The van der Waals surface area contributed by atoms with Crippen LogP contribution in [0.5, 0.6) is 0 Å². The maximum absolute atomic E-state index is 12.4. The quantitative estimate of drug-likeness (QED) is 0.580. The van der Waals surface area contributed by atoms with Crippen molar-refractivity contribution in [1.29, 1.82) is 0 Å². The molecule has 0 bridgehead atoms. The molecule has 0 radical (unpaired) electrons. The Bertz CT molecular complexity index is 988. The van der Waals surface area contributed by atoms with Gasteiger partial charge in [0, 0.05) is 22.5 Å². The fourth-order valence-electron chi connectivity index (χ4n) is 2.19. The zero-order valence-corrected chi connectivity index (χ0v) is 13.0. The predicted molar refractivity (Wildman–Crippen MR) is 88.3 cm³/mol. The Morgan fingerprint density at radius 3 is 3.05 bits per heavy atom. The SMILES string of the molecule is O=c1c2ccncc2ncn1Cc1csc(-c2ccsc2)n1. The molecule has 4 heterocycles. The first-order valence-corrected chi connectivity index (χ1v) is 8.39. The van der Waals surface area contributed by atoms with E-state index in [0.29, 0.717) is 17.4 Å². The summed E-state index contributed by atoms with van der Waals surface area (Å²) in [6, 6.07) is 3.74. The molecule has 7 heteroatoms. The fourth-order valence-corrected chi connectivity index (χ4v) is 3.72. The van der Waals surface area contributed by atoms with Gasteiger partial charge in [-0.05, 0) is 17.5 Å². The van der Waals surface area contributed by atoms with Crippen LogP contribution in [0.1, 0.15) is 5.69 Å². The first kappa shape index (κ1) is 13.3. The average molecular weight is 326 g/mol. The number of hydrogen-bond donors (Lipinski definition) is 0. The zero-order chi connectivity index (χ0) is 14.9. The monoisotopic (exact) mass is 326 g/mol. The molecule has 0 spiro atoms. The van der Waals surface area contributed by atoms with Gasteiger partial charge < -0.3 is 0 Å². The predicted octanol–water partition coefficient (Wildman–Crippen LogP) is 3.02. The molecule has 0 fully saturated rings. The highest BCUT2D eigenvalue weighted by Gasteiger charge is 2.08. The topological polar surface area (TPSA) is 60.7 Å². The van der Waals surface area contributed by atoms with Crippen LogP contribution in [0, 0.1) is 0 Å². The molecule has 0 N–H and O–H groups in total. The molecular weight excluding hydrogens is 316 g/mol. The molecule has 5 nitrogen and oxygen atoms in total. The second-order valence-corrected chi connectivity index (χ2v) is 6.36. The number of fused-ring (bicyclic) bond motifs is 1. The van der Waals surface area contributed by atoms with Gasteiger partial charge in [0.2, 0.25) is 0 Å². The van der Waals surface area contributed by atoms with E-state index in [1.54, 1.807) is 52.0 Å². The lowest BCUT2D eigenvalue weighted by molar-refractivity contribution is 0.734. The van der Waals surface area contributed by atoms with Crippen molar-refractivity contribution in [1.82, 2.24) is 19.5 Å². The van der Waals surface area contributed by atoms with Gasteiger partial charge in [0.25, 0.3) is 5.56 Å². The Morgan fingerprint density at radius 2 is 2.18 bits per heavy atom. The standard InChI is InChI=1S/C15H10N4OS2/c20-15-12-1-3-16-5-13(12)17-9-19(15)6-11-8-22-14(18-11)10-2-4-21-7-10/h1-5,7-9H,6H2. The van der Waals surface area contributed by atoms with Crippen LogP contribution in [-0.4, -0.2) is 19.5 Å². The summed E-state index contributed by atoms with van der Waals surface area (Å²) in [6.07, 6.45) is 4.75. The molecule has 4 rings (SSSR count). The number of nitrogens with zero attached hydrogens (tertiary/aromatic N) is 4. The van der Waals surface area contributed by atoms with Crippen molar-refractivity contribution in [2.45, 2.75) is 6.54 Å². The van der Waals surface area contributed by atoms with Gasteiger partial charge in [-0.25, -0.2) is 9.97 Å². The van der Waals surface area contributed by atoms with Crippen LogP contribution < -0.4 is 5.56 Å². The largest absolute Gasteiger partial charge is 0.293 e. The Morgan fingerprint density at radius 1 is 1.23 bits per heavy atom. The van der Waals surface area contributed by atoms with E-state index >= 15 is 0 Å². The number of thiophene rings is 1. The van der Waals surface area contributed by atoms with Crippen LogP contribution >= 0.6 is 22.7 Å². The Labute approximate surface area is 133 Å². The summed E-state index contributed by atoms with van der Waals surface area (Å²) in [5.74, 6) is 0. The highest BCUT2D eigenvalue weighted by Crippen LogP contribution is 2.25. The smallest absolute Gasteiger partial charge is 0.261 e. The van der Waals surface area contributed by atoms with E-state index in [1.807, 2.05) is 16.8 Å². The van der Waals surface area contributed by atoms with Crippen molar-refractivity contribution >= 4 is 33.6 Å². The van der Waals surface area contributed by atoms with Crippen molar-refractivity contribution in [3.05, 3.63) is 63.0 Å². The van der Waals surface area contributed by atoms with E-state index in [1.165, 1.54) is 0 Å². The summed E-state index contributed by atoms with van der Waals surface area (Å²) in [5.41, 5.74) is 2.53. The normalized spacial score (nSPS) is 11.1. The first-order valence-electron chi connectivity index (χ1n) is 6.57. The van der Waals surface area contributed by atoms with E-state index in [0.717, 1.165) is 16.3 Å². The van der Waals surface area contributed by atoms with Gasteiger partial charge in [-0.3, -0.25) is 14.3 Å². The number of hydrogen-bond acceptors (Lipinski definition) is 6. The number of pyridine rings is 1. The first-order chi connectivity index (χ1) is 10.8. The van der Waals surface area contributed by atoms with Gasteiger partial charge >= 0.3 is 0 Å². The average Bonchev–Trinajstić information content (AvgIpc) is 3.21. The Kier molecular flexibility index (Phi) is 3.28. The summed E-state index contributed by atoms with van der Waals surface area (Å²) < 4.78 is 1.58. The molecule has 0 aliphatic heterocycles. The third-order valence-electron chi connectivity index (χ3n) is 3.28. The van der Waals surface area contributed by atoms with Crippen LogP contribution in [0.4, 0.5) is 0 Å². The third kappa shape index (κ3) is 2.34. The van der Waals surface area contributed by atoms with E-state index < -0.39 is 0 Å². The maximum atomic E-state index is 12.4. The summed E-state index contributed by atoms with van der Waals surface area (Å²) in [6.45, 7) is 0.421. The van der Waals surface area contributed by atoms with Gasteiger partial charge in [-0.15, -0.1) is 11.3 Å². The molecule has 0 aromatic carbocycles. The molecule has 0 atom stereocenters. The van der Waals surface area contributed by atoms with Gasteiger partial charge in [-0.2, -0.15) is 11.3 Å². The van der Waals surface area contributed by atoms with Crippen LogP contribution in [0.15, 0.2) is 51.8 Å². The Balaban J connectivity index is 1.69. The van der Waals surface area contributed by atoms with Gasteiger partial charge in [-0.1, -0.05) is 0 Å². The number of rotatable bonds is 3. The van der Waals surface area contributed by atoms with Crippen molar-refractivity contribution in [3.63, 3.8) is 0 Å². The van der Waals surface area contributed by atoms with Crippen molar-refractivity contribution in [2.24, 2.45) is 0 Å². The summed E-state index contributed by atoms with van der Waals surface area (Å²) >= 11 is 3.23. The van der Waals surface area contributed by atoms with Gasteiger partial charge in [0.05, 0.1) is 35.7 Å². The number of thiazole rings is 1. The summed E-state index contributed by atoms with van der Waals surface area (Å²) in [4.78, 5) is 25.3. The Hall–Kier alpha value is -2.38. The molecule has 0 saturated heterocycles. The van der Waals surface area contributed by atoms with Gasteiger partial charge in [0.1, 0.15) is 5.01 Å². The third-order valence-corrected chi connectivity index (χ3v) is 4.90. The molecule has 108 valence electrons. The summed E-state index contributed by atoms with van der Waals surface area (Å²) in [7, 11) is 0. The van der Waals surface area contributed by atoms with E-state index in [2.05, 4.69) is 20.3 Å². The molecule has 0 aliphatic rings. The zero-order valence-electron chi connectivity index (χ0n) is 11.3. The van der Waals surface area contributed by atoms with Gasteiger partial charge in [0.15, 0.2) is 0 Å². The van der Waals surface area contributed by atoms with Crippen molar-refractivity contribution < 1.29 is 0 Å². The van der Waals surface area contributed by atoms with E-state index in [4.69, 9.17) is 0 Å². The second kappa shape index (κ2) is 5.43. The highest BCUT2D eigenvalue weighted by molar-refractivity contribution is 7.14. The summed E-state index contributed by atoms with van der Waals surface area (Å²) in [5, 5.41) is 7.63. The van der Waals surface area contributed by atoms with E-state index in [-0.39, 0.29) is 5.56 Å². The van der Waals surface area contributed by atoms with Crippen LogP contribution in [0.3, 0.4) is 0 Å². The number of aromatic nitrogens is 4. The minimum absolute atomic E-state index is 0.0718. The molecule has 0 saturated carbocycles. The van der Waals surface area contributed by atoms with Crippen LogP contribution in [0.2, 0.25) is 0 Å². The van der Waals surface area contributed by atoms with Crippen molar-refractivity contribution in [3.8, 4) is 10.6 Å². The lowest BCUT2D eigenvalue weighted by atomic mass is 10.3. The molecule has 0 aliphatic carbocycles. The molecule has 22 heavy (non-hydrogen) atoms. The van der Waals surface area contributed by atoms with Crippen LogP contribution in [0.25, 0.3) is 21.5 Å². The van der Waals surface area contributed by atoms with E-state index in [9.17, 15) is 4.79 Å². The molecular formula is C15H10N4OS2.